The van der Waals surface area contributed by atoms with Gasteiger partial charge in [0.2, 0.25) is 5.88 Å². The number of aromatic nitrogens is 2. The Kier molecular flexibility index (Phi) is 4.66. The third-order valence-electron chi connectivity index (χ3n) is 1.83. The van der Waals surface area contributed by atoms with Crippen LogP contribution in [0.3, 0.4) is 0 Å². The monoisotopic (exact) mass is 214 g/mol. The van der Waals surface area contributed by atoms with E-state index in [1.807, 2.05) is 6.92 Å². The summed E-state index contributed by atoms with van der Waals surface area (Å²) in [6, 6.07) is 0. The van der Waals surface area contributed by atoms with Crippen molar-refractivity contribution in [1.82, 2.24) is 9.97 Å². The average molecular weight is 215 g/mol. The topological polar surface area (TPSA) is 35.0 Å². The Bertz CT molecular complexity index is 281. The molecule has 1 aromatic rings. The molecule has 1 aromatic heterocycles. The number of nitrogens with zero attached hydrogens (tertiary/aromatic N) is 2. The molecular formula is C10H15ClN2O. The lowest BCUT2D eigenvalue weighted by Crippen LogP contribution is -2.05. The first kappa shape index (κ1) is 11.2. The molecule has 1 rings (SSSR count). The standard InChI is InChI=1S/C10H15ClN2O/c1-3-8(11)5-9-6-12-7-10(13-9)14-4-2/h6-8H,3-5H2,1-2H3. The van der Waals surface area contributed by atoms with Gasteiger partial charge in [0.1, 0.15) is 0 Å². The Morgan fingerprint density at radius 2 is 2.21 bits per heavy atom. The Balaban J connectivity index is 2.63. The summed E-state index contributed by atoms with van der Waals surface area (Å²) >= 11 is 6.02. The highest BCUT2D eigenvalue weighted by atomic mass is 35.5. The second-order valence-corrected chi connectivity index (χ2v) is 3.61. The van der Waals surface area contributed by atoms with Crippen molar-refractivity contribution in [1.29, 1.82) is 0 Å². The molecule has 1 unspecified atom stereocenters. The third-order valence-corrected chi connectivity index (χ3v) is 2.29. The number of hydrogen-bond donors (Lipinski definition) is 0. The molecule has 0 saturated carbocycles. The molecule has 3 nitrogen and oxygen atoms in total. The van der Waals surface area contributed by atoms with E-state index in [4.69, 9.17) is 16.3 Å². The molecule has 0 spiro atoms. The molecule has 4 heteroatoms. The lowest BCUT2D eigenvalue weighted by atomic mass is 10.2. The molecule has 0 aromatic carbocycles. The summed E-state index contributed by atoms with van der Waals surface area (Å²) < 4.78 is 5.25. The van der Waals surface area contributed by atoms with E-state index in [0.29, 0.717) is 12.5 Å². The normalized spacial score (nSPS) is 12.5. The highest BCUT2D eigenvalue weighted by molar-refractivity contribution is 6.20. The van der Waals surface area contributed by atoms with Crippen LogP contribution in [0, 0.1) is 0 Å². The van der Waals surface area contributed by atoms with Crippen molar-refractivity contribution in [2.24, 2.45) is 0 Å². The summed E-state index contributed by atoms with van der Waals surface area (Å²) in [4.78, 5) is 8.33. The first-order valence-corrected chi connectivity index (χ1v) is 5.27. The van der Waals surface area contributed by atoms with Crippen LogP contribution < -0.4 is 4.74 Å². The van der Waals surface area contributed by atoms with Crippen molar-refractivity contribution in [2.75, 3.05) is 6.61 Å². The molecule has 0 aliphatic carbocycles. The van der Waals surface area contributed by atoms with E-state index in [0.717, 1.165) is 18.5 Å². The van der Waals surface area contributed by atoms with E-state index in [1.165, 1.54) is 0 Å². The fourth-order valence-electron chi connectivity index (χ4n) is 1.07. The molecule has 0 bridgehead atoms. The molecule has 0 saturated heterocycles. The van der Waals surface area contributed by atoms with Gasteiger partial charge in [0, 0.05) is 18.0 Å². The lowest BCUT2D eigenvalue weighted by Gasteiger charge is -2.06. The molecule has 0 aliphatic rings. The summed E-state index contributed by atoms with van der Waals surface area (Å²) in [5, 5.41) is 0.126. The van der Waals surface area contributed by atoms with Gasteiger partial charge in [-0.1, -0.05) is 6.92 Å². The molecule has 0 amide bonds. The van der Waals surface area contributed by atoms with Crippen molar-refractivity contribution in [3.8, 4) is 5.88 Å². The van der Waals surface area contributed by atoms with E-state index in [1.54, 1.807) is 12.4 Å². The van der Waals surface area contributed by atoms with Crippen molar-refractivity contribution in [3.05, 3.63) is 18.1 Å². The first-order valence-electron chi connectivity index (χ1n) is 4.84. The van der Waals surface area contributed by atoms with Crippen LogP contribution in [0.1, 0.15) is 26.0 Å². The molecule has 0 N–H and O–H groups in total. The number of halogens is 1. The Morgan fingerprint density at radius 1 is 1.43 bits per heavy atom. The summed E-state index contributed by atoms with van der Waals surface area (Å²) in [5.74, 6) is 0.574. The Morgan fingerprint density at radius 3 is 2.86 bits per heavy atom. The quantitative estimate of drug-likeness (QED) is 0.707. The molecule has 0 radical (unpaired) electrons. The molecule has 14 heavy (non-hydrogen) atoms. The molecule has 0 aliphatic heterocycles. The minimum Gasteiger partial charge on any atom is -0.477 e. The summed E-state index contributed by atoms with van der Waals surface area (Å²) in [5.41, 5.74) is 0.887. The maximum absolute atomic E-state index is 6.02. The molecular weight excluding hydrogens is 200 g/mol. The van der Waals surface area contributed by atoms with Gasteiger partial charge < -0.3 is 4.74 Å². The number of hydrogen-bond acceptors (Lipinski definition) is 3. The molecule has 1 atom stereocenters. The summed E-state index contributed by atoms with van der Waals surface area (Å²) in [6.07, 6.45) is 5.02. The van der Waals surface area contributed by atoms with E-state index in [2.05, 4.69) is 16.9 Å². The fourth-order valence-corrected chi connectivity index (χ4v) is 1.23. The number of ether oxygens (including phenoxy) is 1. The van der Waals surface area contributed by atoms with Crippen LogP contribution in [0.15, 0.2) is 12.4 Å². The van der Waals surface area contributed by atoms with Crippen LogP contribution >= 0.6 is 11.6 Å². The minimum absolute atomic E-state index is 0.126. The summed E-state index contributed by atoms with van der Waals surface area (Å²) in [7, 11) is 0. The van der Waals surface area contributed by atoms with Crippen molar-refractivity contribution in [2.45, 2.75) is 32.1 Å². The van der Waals surface area contributed by atoms with Gasteiger partial charge in [0.25, 0.3) is 0 Å². The zero-order valence-electron chi connectivity index (χ0n) is 8.53. The smallest absolute Gasteiger partial charge is 0.232 e. The van der Waals surface area contributed by atoms with E-state index < -0.39 is 0 Å². The Labute approximate surface area is 89.5 Å². The van der Waals surface area contributed by atoms with Gasteiger partial charge in [-0.25, -0.2) is 4.98 Å². The van der Waals surface area contributed by atoms with Gasteiger partial charge in [-0.3, -0.25) is 4.98 Å². The highest BCUT2D eigenvalue weighted by Crippen LogP contribution is 2.11. The highest BCUT2D eigenvalue weighted by Gasteiger charge is 2.05. The number of alkyl halides is 1. The average Bonchev–Trinajstić information content (AvgIpc) is 2.19. The van der Waals surface area contributed by atoms with Crippen molar-refractivity contribution >= 4 is 11.6 Å². The van der Waals surface area contributed by atoms with Crippen LogP contribution in [0.5, 0.6) is 5.88 Å². The van der Waals surface area contributed by atoms with E-state index >= 15 is 0 Å². The van der Waals surface area contributed by atoms with E-state index in [-0.39, 0.29) is 5.38 Å². The fraction of sp³-hybridized carbons (Fsp3) is 0.600. The minimum atomic E-state index is 0.126. The van der Waals surface area contributed by atoms with Gasteiger partial charge in [0.15, 0.2) is 0 Å². The largest absolute Gasteiger partial charge is 0.477 e. The summed E-state index contributed by atoms with van der Waals surface area (Å²) in [6.45, 7) is 4.58. The van der Waals surface area contributed by atoms with Crippen molar-refractivity contribution < 1.29 is 4.74 Å². The van der Waals surface area contributed by atoms with Crippen LogP contribution in [-0.2, 0) is 6.42 Å². The first-order chi connectivity index (χ1) is 6.76. The van der Waals surface area contributed by atoms with Crippen LogP contribution in [0.2, 0.25) is 0 Å². The second kappa shape index (κ2) is 5.81. The van der Waals surface area contributed by atoms with Gasteiger partial charge in [0.05, 0.1) is 18.5 Å². The Hall–Kier alpha value is -0.830. The van der Waals surface area contributed by atoms with Crippen LogP contribution in [0.4, 0.5) is 0 Å². The van der Waals surface area contributed by atoms with Gasteiger partial charge in [-0.2, -0.15) is 0 Å². The molecule has 0 fully saturated rings. The third kappa shape index (κ3) is 3.50. The van der Waals surface area contributed by atoms with Crippen LogP contribution in [-0.4, -0.2) is 22.0 Å². The molecule has 1 heterocycles. The zero-order chi connectivity index (χ0) is 10.4. The second-order valence-electron chi connectivity index (χ2n) is 2.99. The predicted molar refractivity (Wildman–Crippen MR) is 56.8 cm³/mol. The van der Waals surface area contributed by atoms with Gasteiger partial charge in [-0.05, 0) is 13.3 Å². The van der Waals surface area contributed by atoms with Crippen molar-refractivity contribution in [3.63, 3.8) is 0 Å². The van der Waals surface area contributed by atoms with Gasteiger partial charge >= 0.3 is 0 Å². The lowest BCUT2D eigenvalue weighted by molar-refractivity contribution is 0.324. The zero-order valence-corrected chi connectivity index (χ0v) is 9.29. The molecule has 78 valence electrons. The number of rotatable bonds is 5. The maximum Gasteiger partial charge on any atom is 0.232 e. The predicted octanol–water partition coefficient (Wildman–Crippen LogP) is 2.44. The van der Waals surface area contributed by atoms with Crippen LogP contribution in [0.25, 0.3) is 0 Å². The van der Waals surface area contributed by atoms with E-state index in [9.17, 15) is 0 Å². The van der Waals surface area contributed by atoms with Gasteiger partial charge in [-0.15, -0.1) is 11.6 Å². The maximum atomic E-state index is 6.02. The SMILES string of the molecule is CCOc1cncc(CC(Cl)CC)n1.